The summed E-state index contributed by atoms with van der Waals surface area (Å²) in [6.07, 6.45) is 6.60. The Labute approximate surface area is 183 Å². The Kier molecular flexibility index (Phi) is 7.33. The lowest BCUT2D eigenvalue weighted by Gasteiger charge is -2.17. The SMILES string of the molecule is CCCCNc1nc(N)nc2cn(Cc3ccc(CCCC(C)(C)O)cc3OC)nc12. The molecule has 0 bridgehead atoms. The fraction of sp³-hybridized carbons (Fsp3) is 0.522. The molecule has 0 saturated carbocycles. The molecule has 2 aromatic heterocycles. The van der Waals surface area contributed by atoms with Crippen molar-refractivity contribution in [2.45, 2.75) is 65.0 Å². The fourth-order valence-electron chi connectivity index (χ4n) is 3.54. The smallest absolute Gasteiger partial charge is 0.222 e. The van der Waals surface area contributed by atoms with Gasteiger partial charge in [-0.05, 0) is 51.2 Å². The van der Waals surface area contributed by atoms with Crippen LogP contribution in [0.1, 0.15) is 57.6 Å². The van der Waals surface area contributed by atoms with Crippen LogP contribution in [0.2, 0.25) is 0 Å². The number of aliphatic hydroxyl groups is 1. The van der Waals surface area contributed by atoms with E-state index in [4.69, 9.17) is 15.6 Å². The van der Waals surface area contributed by atoms with Crippen LogP contribution in [-0.4, -0.2) is 44.1 Å². The number of nitrogens with two attached hydrogens (primary N) is 1. The summed E-state index contributed by atoms with van der Waals surface area (Å²) in [6, 6.07) is 6.25. The number of fused-ring (bicyclic) bond motifs is 1. The molecule has 0 unspecified atom stereocenters. The van der Waals surface area contributed by atoms with Crippen LogP contribution in [0.5, 0.6) is 5.75 Å². The van der Waals surface area contributed by atoms with Crippen molar-refractivity contribution in [3.8, 4) is 5.75 Å². The molecule has 0 fully saturated rings. The molecule has 0 amide bonds. The summed E-state index contributed by atoms with van der Waals surface area (Å²) in [5.74, 6) is 1.73. The van der Waals surface area contributed by atoms with Gasteiger partial charge in [0.05, 0.1) is 25.5 Å². The first-order chi connectivity index (χ1) is 14.8. The molecule has 0 atom stereocenters. The van der Waals surface area contributed by atoms with Crippen LogP contribution in [0.25, 0.3) is 11.0 Å². The molecular weight excluding hydrogens is 392 g/mol. The van der Waals surface area contributed by atoms with E-state index in [0.29, 0.717) is 23.4 Å². The highest BCUT2D eigenvalue weighted by atomic mass is 16.5. The standard InChI is InChI=1S/C23H34N6O2/c1-5-6-12-25-21-20-18(26-22(24)27-21)15-29(28-20)14-17-10-9-16(13-19(17)31-4)8-7-11-23(2,3)30/h9-10,13,15,30H,5-8,11-12,14H2,1-4H3,(H3,24,25,26,27). The summed E-state index contributed by atoms with van der Waals surface area (Å²) in [7, 11) is 1.68. The lowest BCUT2D eigenvalue weighted by Crippen LogP contribution is -2.18. The fourth-order valence-corrected chi connectivity index (χ4v) is 3.54. The topological polar surface area (TPSA) is 111 Å². The minimum atomic E-state index is -0.636. The zero-order valence-corrected chi connectivity index (χ0v) is 19.0. The van der Waals surface area contributed by atoms with Gasteiger partial charge in [0.25, 0.3) is 0 Å². The number of methoxy groups -OCH3 is 1. The first-order valence-electron chi connectivity index (χ1n) is 10.9. The molecule has 4 N–H and O–H groups in total. The number of anilines is 2. The summed E-state index contributed by atoms with van der Waals surface area (Å²) in [5, 5.41) is 17.9. The molecule has 0 saturated heterocycles. The summed E-state index contributed by atoms with van der Waals surface area (Å²) in [5.41, 5.74) is 8.90. The number of hydrogen-bond acceptors (Lipinski definition) is 7. The molecule has 3 rings (SSSR count). The van der Waals surface area contributed by atoms with E-state index in [9.17, 15) is 5.11 Å². The summed E-state index contributed by atoms with van der Waals surface area (Å²) in [4.78, 5) is 8.65. The number of nitrogens with zero attached hydrogens (tertiary/aromatic N) is 4. The first-order valence-corrected chi connectivity index (χ1v) is 10.9. The van der Waals surface area contributed by atoms with Crippen LogP contribution < -0.4 is 15.8 Å². The van der Waals surface area contributed by atoms with E-state index in [1.807, 2.05) is 24.7 Å². The van der Waals surface area contributed by atoms with E-state index in [2.05, 4.69) is 40.4 Å². The quantitative estimate of drug-likeness (QED) is 0.400. The minimum absolute atomic E-state index is 0.235. The van der Waals surface area contributed by atoms with Crippen LogP contribution in [0.4, 0.5) is 11.8 Å². The molecule has 31 heavy (non-hydrogen) atoms. The van der Waals surface area contributed by atoms with Gasteiger partial charge in [-0.2, -0.15) is 10.1 Å². The van der Waals surface area contributed by atoms with Gasteiger partial charge in [-0.1, -0.05) is 25.5 Å². The maximum atomic E-state index is 9.91. The lowest BCUT2D eigenvalue weighted by molar-refractivity contribution is 0.0689. The summed E-state index contributed by atoms with van der Waals surface area (Å²) in [6.45, 7) is 7.20. The molecule has 3 aromatic rings. The van der Waals surface area contributed by atoms with Gasteiger partial charge in [0.2, 0.25) is 5.95 Å². The molecular formula is C23H34N6O2. The molecule has 0 radical (unpaired) electrons. The average molecular weight is 427 g/mol. The molecule has 168 valence electrons. The van der Waals surface area contributed by atoms with Crippen molar-refractivity contribution in [2.75, 3.05) is 24.7 Å². The first kappa shape index (κ1) is 22.8. The van der Waals surface area contributed by atoms with Crippen LogP contribution in [0, 0.1) is 0 Å². The molecule has 1 aromatic carbocycles. The number of hydrogen-bond donors (Lipinski definition) is 3. The van der Waals surface area contributed by atoms with E-state index in [1.54, 1.807) is 7.11 Å². The van der Waals surface area contributed by atoms with E-state index >= 15 is 0 Å². The molecule has 2 heterocycles. The highest BCUT2D eigenvalue weighted by Crippen LogP contribution is 2.25. The third-order valence-electron chi connectivity index (χ3n) is 5.19. The molecule has 8 nitrogen and oxygen atoms in total. The van der Waals surface area contributed by atoms with Gasteiger partial charge in [0.15, 0.2) is 11.3 Å². The van der Waals surface area contributed by atoms with Crippen LogP contribution in [0.3, 0.4) is 0 Å². The molecule has 8 heteroatoms. The number of rotatable bonds is 11. The zero-order valence-electron chi connectivity index (χ0n) is 19.0. The van der Waals surface area contributed by atoms with Crippen molar-refractivity contribution in [1.29, 1.82) is 0 Å². The largest absolute Gasteiger partial charge is 0.496 e. The second kappa shape index (κ2) is 9.96. The number of benzene rings is 1. The monoisotopic (exact) mass is 426 g/mol. The van der Waals surface area contributed by atoms with E-state index in [0.717, 1.165) is 50.0 Å². The Morgan fingerprint density at radius 1 is 1.23 bits per heavy atom. The van der Waals surface area contributed by atoms with Crippen molar-refractivity contribution in [2.24, 2.45) is 0 Å². The second-order valence-electron chi connectivity index (χ2n) is 8.58. The Bertz CT molecular complexity index is 1010. The van der Waals surface area contributed by atoms with Gasteiger partial charge in [0.1, 0.15) is 11.3 Å². The third kappa shape index (κ3) is 6.30. The van der Waals surface area contributed by atoms with Gasteiger partial charge < -0.3 is 20.9 Å². The van der Waals surface area contributed by atoms with Crippen molar-refractivity contribution in [1.82, 2.24) is 19.7 Å². The third-order valence-corrected chi connectivity index (χ3v) is 5.19. The van der Waals surface area contributed by atoms with Crippen molar-refractivity contribution < 1.29 is 9.84 Å². The van der Waals surface area contributed by atoms with Gasteiger partial charge in [0, 0.05) is 12.1 Å². The Morgan fingerprint density at radius 2 is 2.03 bits per heavy atom. The zero-order chi connectivity index (χ0) is 22.4. The Balaban J connectivity index is 1.77. The maximum Gasteiger partial charge on any atom is 0.222 e. The van der Waals surface area contributed by atoms with Crippen LogP contribution in [-0.2, 0) is 13.0 Å². The highest BCUT2D eigenvalue weighted by molar-refractivity contribution is 5.85. The second-order valence-corrected chi connectivity index (χ2v) is 8.58. The van der Waals surface area contributed by atoms with Gasteiger partial charge in [-0.15, -0.1) is 0 Å². The van der Waals surface area contributed by atoms with E-state index in [1.165, 1.54) is 5.56 Å². The molecule has 0 aliphatic rings. The van der Waals surface area contributed by atoms with Gasteiger partial charge >= 0.3 is 0 Å². The molecule has 0 spiro atoms. The van der Waals surface area contributed by atoms with Crippen molar-refractivity contribution in [3.05, 3.63) is 35.5 Å². The summed E-state index contributed by atoms with van der Waals surface area (Å²) >= 11 is 0. The molecule has 0 aliphatic carbocycles. The van der Waals surface area contributed by atoms with E-state index < -0.39 is 5.60 Å². The maximum absolute atomic E-state index is 9.91. The molecule has 0 aliphatic heterocycles. The minimum Gasteiger partial charge on any atom is -0.496 e. The van der Waals surface area contributed by atoms with Crippen LogP contribution in [0.15, 0.2) is 24.4 Å². The van der Waals surface area contributed by atoms with Crippen molar-refractivity contribution in [3.63, 3.8) is 0 Å². The van der Waals surface area contributed by atoms with Gasteiger partial charge in [-0.25, -0.2) is 4.98 Å². The Morgan fingerprint density at radius 3 is 2.74 bits per heavy atom. The number of aromatic nitrogens is 4. The lowest BCUT2D eigenvalue weighted by atomic mass is 9.98. The number of nitrogens with one attached hydrogen (secondary N) is 1. The number of aryl methyl sites for hydroxylation is 1. The van der Waals surface area contributed by atoms with Gasteiger partial charge in [-0.3, -0.25) is 4.68 Å². The highest BCUT2D eigenvalue weighted by Gasteiger charge is 2.14. The van der Waals surface area contributed by atoms with Crippen LogP contribution >= 0.6 is 0 Å². The Hall–Kier alpha value is -2.87. The number of unbranched alkanes of at least 4 members (excludes halogenated alkanes) is 1. The number of ether oxygens (including phenoxy) is 1. The predicted octanol–water partition coefficient (Wildman–Crippen LogP) is 3.77. The van der Waals surface area contributed by atoms with E-state index in [-0.39, 0.29) is 5.95 Å². The predicted molar refractivity (Wildman–Crippen MR) is 124 cm³/mol. The summed E-state index contributed by atoms with van der Waals surface area (Å²) < 4.78 is 7.48. The normalized spacial score (nSPS) is 11.8. The van der Waals surface area contributed by atoms with Crippen molar-refractivity contribution >= 4 is 22.8 Å². The number of nitrogen functional groups attached to an aromatic ring is 1. The average Bonchev–Trinajstić information content (AvgIpc) is 3.10.